The molecule has 68 valence electrons. The topological polar surface area (TPSA) is 20.3 Å². The van der Waals surface area contributed by atoms with E-state index in [1.807, 2.05) is 0 Å². The molecule has 1 heterocycles. The SMILES string of the molecule is C=CN1CCC(C)(C)CCC1=O. The second kappa shape index (κ2) is 3.30. The van der Waals surface area contributed by atoms with Gasteiger partial charge in [-0.05, 0) is 24.5 Å². The monoisotopic (exact) mass is 167 g/mol. The van der Waals surface area contributed by atoms with Crippen LogP contribution in [0.3, 0.4) is 0 Å². The van der Waals surface area contributed by atoms with E-state index in [9.17, 15) is 4.79 Å². The second-order valence-electron chi connectivity index (χ2n) is 4.18. The van der Waals surface area contributed by atoms with Crippen LogP contribution in [0.5, 0.6) is 0 Å². The van der Waals surface area contributed by atoms with E-state index in [4.69, 9.17) is 0 Å². The van der Waals surface area contributed by atoms with Crippen LogP contribution in [0.25, 0.3) is 0 Å². The van der Waals surface area contributed by atoms with E-state index >= 15 is 0 Å². The predicted octanol–water partition coefficient (Wildman–Crippen LogP) is 2.17. The minimum absolute atomic E-state index is 0.218. The maximum Gasteiger partial charge on any atom is 0.226 e. The lowest BCUT2D eigenvalue weighted by atomic mass is 9.85. The second-order valence-corrected chi connectivity index (χ2v) is 4.18. The van der Waals surface area contributed by atoms with E-state index in [1.54, 1.807) is 11.1 Å². The Hall–Kier alpha value is -0.790. The Morgan fingerprint density at radius 3 is 2.75 bits per heavy atom. The molecule has 0 aromatic carbocycles. The zero-order valence-corrected chi connectivity index (χ0v) is 7.97. The van der Waals surface area contributed by atoms with Gasteiger partial charge in [0, 0.05) is 13.0 Å². The number of nitrogens with zero attached hydrogens (tertiary/aromatic N) is 1. The maximum atomic E-state index is 11.4. The molecule has 1 saturated heterocycles. The molecule has 0 bridgehead atoms. The number of rotatable bonds is 1. The summed E-state index contributed by atoms with van der Waals surface area (Å²) < 4.78 is 0. The van der Waals surface area contributed by atoms with Gasteiger partial charge in [-0.15, -0.1) is 0 Å². The molecule has 0 saturated carbocycles. The third-order valence-electron chi connectivity index (χ3n) is 2.59. The van der Waals surface area contributed by atoms with Crippen LogP contribution in [0, 0.1) is 5.41 Å². The summed E-state index contributed by atoms with van der Waals surface area (Å²) in [4.78, 5) is 13.1. The normalized spacial score (nSPS) is 23.5. The van der Waals surface area contributed by atoms with E-state index in [0.29, 0.717) is 11.8 Å². The highest BCUT2D eigenvalue weighted by atomic mass is 16.2. The molecule has 0 aromatic rings. The first kappa shape index (κ1) is 9.30. The molecule has 0 aliphatic carbocycles. The van der Waals surface area contributed by atoms with Gasteiger partial charge in [0.25, 0.3) is 0 Å². The Morgan fingerprint density at radius 1 is 1.50 bits per heavy atom. The molecule has 0 unspecified atom stereocenters. The molecule has 1 aliphatic rings. The van der Waals surface area contributed by atoms with Crippen molar-refractivity contribution in [2.24, 2.45) is 5.41 Å². The zero-order chi connectivity index (χ0) is 9.19. The Labute approximate surface area is 74.2 Å². The molecule has 0 spiro atoms. The average molecular weight is 167 g/mol. The Balaban J connectivity index is 2.65. The molecule has 0 radical (unpaired) electrons. The highest BCUT2D eigenvalue weighted by molar-refractivity contribution is 5.77. The van der Waals surface area contributed by atoms with Gasteiger partial charge in [0.05, 0.1) is 0 Å². The zero-order valence-electron chi connectivity index (χ0n) is 7.97. The Kier molecular flexibility index (Phi) is 2.55. The molecule has 1 rings (SSSR count). The van der Waals surface area contributed by atoms with Crippen molar-refractivity contribution in [2.45, 2.75) is 33.1 Å². The van der Waals surface area contributed by atoms with Crippen molar-refractivity contribution in [2.75, 3.05) is 6.54 Å². The number of carbonyl (C=O) groups excluding carboxylic acids is 1. The Morgan fingerprint density at radius 2 is 2.17 bits per heavy atom. The third kappa shape index (κ3) is 2.10. The number of likely N-dealkylation sites (tertiary alicyclic amines) is 1. The summed E-state index contributed by atoms with van der Waals surface area (Å²) in [5.41, 5.74) is 0.313. The van der Waals surface area contributed by atoms with Crippen LogP contribution in [0.1, 0.15) is 33.1 Å². The lowest BCUT2D eigenvalue weighted by Gasteiger charge is -2.21. The quantitative estimate of drug-likeness (QED) is 0.586. The van der Waals surface area contributed by atoms with Crippen LogP contribution in [0.4, 0.5) is 0 Å². The van der Waals surface area contributed by atoms with Crippen molar-refractivity contribution in [1.82, 2.24) is 4.90 Å². The summed E-state index contributed by atoms with van der Waals surface area (Å²) in [6.07, 6.45) is 4.38. The summed E-state index contributed by atoms with van der Waals surface area (Å²) in [6.45, 7) is 8.89. The average Bonchev–Trinajstić information content (AvgIpc) is 2.13. The lowest BCUT2D eigenvalue weighted by Crippen LogP contribution is -2.24. The molecule has 2 nitrogen and oxygen atoms in total. The maximum absolute atomic E-state index is 11.4. The fraction of sp³-hybridized carbons (Fsp3) is 0.700. The summed E-state index contributed by atoms with van der Waals surface area (Å²) in [6, 6.07) is 0. The number of amides is 1. The summed E-state index contributed by atoms with van der Waals surface area (Å²) in [5.74, 6) is 0.218. The minimum Gasteiger partial charge on any atom is -0.320 e. The molecule has 0 aromatic heterocycles. The first-order valence-corrected chi connectivity index (χ1v) is 4.47. The number of hydrogen-bond donors (Lipinski definition) is 0. The van der Waals surface area contributed by atoms with Gasteiger partial charge in [-0.25, -0.2) is 0 Å². The molecule has 1 fully saturated rings. The van der Waals surface area contributed by atoms with Crippen LogP contribution >= 0.6 is 0 Å². The van der Waals surface area contributed by atoms with Gasteiger partial charge in [-0.2, -0.15) is 0 Å². The molecular weight excluding hydrogens is 150 g/mol. The number of carbonyl (C=O) groups is 1. The van der Waals surface area contributed by atoms with Gasteiger partial charge < -0.3 is 4.90 Å². The first-order chi connectivity index (χ1) is 5.55. The first-order valence-electron chi connectivity index (χ1n) is 4.47. The molecule has 0 atom stereocenters. The van der Waals surface area contributed by atoms with Gasteiger partial charge >= 0.3 is 0 Å². The molecule has 2 heteroatoms. The fourth-order valence-corrected chi connectivity index (χ4v) is 1.45. The molecule has 0 N–H and O–H groups in total. The van der Waals surface area contributed by atoms with Crippen molar-refractivity contribution in [3.05, 3.63) is 12.8 Å². The van der Waals surface area contributed by atoms with E-state index in [2.05, 4.69) is 20.4 Å². The minimum atomic E-state index is 0.218. The largest absolute Gasteiger partial charge is 0.320 e. The lowest BCUT2D eigenvalue weighted by molar-refractivity contribution is -0.128. The van der Waals surface area contributed by atoms with E-state index in [0.717, 1.165) is 19.4 Å². The summed E-state index contributed by atoms with van der Waals surface area (Å²) in [7, 11) is 0. The van der Waals surface area contributed by atoms with Gasteiger partial charge in [0.2, 0.25) is 5.91 Å². The van der Waals surface area contributed by atoms with Crippen molar-refractivity contribution in [3.63, 3.8) is 0 Å². The van der Waals surface area contributed by atoms with Crippen LogP contribution < -0.4 is 0 Å². The van der Waals surface area contributed by atoms with Gasteiger partial charge in [-0.1, -0.05) is 20.4 Å². The molecular formula is C10H17NO. The van der Waals surface area contributed by atoms with Gasteiger partial charge in [-0.3, -0.25) is 4.79 Å². The van der Waals surface area contributed by atoms with E-state index in [-0.39, 0.29) is 5.91 Å². The van der Waals surface area contributed by atoms with Gasteiger partial charge in [0.15, 0.2) is 0 Å². The van der Waals surface area contributed by atoms with Crippen molar-refractivity contribution >= 4 is 5.91 Å². The smallest absolute Gasteiger partial charge is 0.226 e. The Bertz CT molecular complexity index is 196. The standard InChI is InChI=1S/C10H17NO/c1-4-11-8-7-10(2,3)6-5-9(11)12/h4H,1,5-8H2,2-3H3. The number of hydrogen-bond acceptors (Lipinski definition) is 1. The molecule has 1 aliphatic heterocycles. The van der Waals surface area contributed by atoms with Crippen LogP contribution in [-0.4, -0.2) is 17.4 Å². The summed E-state index contributed by atoms with van der Waals surface area (Å²) in [5, 5.41) is 0. The molecule has 1 amide bonds. The highest BCUT2D eigenvalue weighted by Gasteiger charge is 2.25. The fourth-order valence-electron chi connectivity index (χ4n) is 1.45. The van der Waals surface area contributed by atoms with Gasteiger partial charge in [0.1, 0.15) is 0 Å². The van der Waals surface area contributed by atoms with Crippen molar-refractivity contribution in [1.29, 1.82) is 0 Å². The van der Waals surface area contributed by atoms with Crippen molar-refractivity contribution < 1.29 is 4.79 Å². The highest BCUT2D eigenvalue weighted by Crippen LogP contribution is 2.30. The summed E-state index contributed by atoms with van der Waals surface area (Å²) >= 11 is 0. The van der Waals surface area contributed by atoms with Crippen LogP contribution in [0.2, 0.25) is 0 Å². The van der Waals surface area contributed by atoms with Crippen LogP contribution in [0.15, 0.2) is 12.8 Å². The van der Waals surface area contributed by atoms with Crippen LogP contribution in [-0.2, 0) is 4.79 Å². The van der Waals surface area contributed by atoms with E-state index in [1.165, 1.54) is 0 Å². The third-order valence-corrected chi connectivity index (χ3v) is 2.59. The predicted molar refractivity (Wildman–Crippen MR) is 49.5 cm³/mol. The van der Waals surface area contributed by atoms with E-state index < -0.39 is 0 Å². The molecule has 12 heavy (non-hydrogen) atoms. The van der Waals surface area contributed by atoms with Crippen molar-refractivity contribution in [3.8, 4) is 0 Å².